The van der Waals surface area contributed by atoms with Gasteiger partial charge in [0.15, 0.2) is 0 Å². The molecule has 0 unspecified atom stereocenters. The van der Waals surface area contributed by atoms with E-state index in [9.17, 15) is 14.9 Å². The van der Waals surface area contributed by atoms with Crippen molar-refractivity contribution in [2.24, 2.45) is 17.8 Å². The molecule has 0 aliphatic carbocycles. The minimum absolute atomic E-state index is 0.0680. The first-order chi connectivity index (χ1) is 16.3. The zero-order valence-corrected chi connectivity index (χ0v) is 21.1. The van der Waals surface area contributed by atoms with Crippen molar-refractivity contribution in [3.05, 3.63) is 29.8 Å². The molecule has 2 aliphatic rings. The van der Waals surface area contributed by atoms with Crippen LogP contribution in [0.15, 0.2) is 24.3 Å². The summed E-state index contributed by atoms with van der Waals surface area (Å²) in [6.07, 6.45) is 3.20. The third-order valence-electron chi connectivity index (χ3n) is 6.80. The van der Waals surface area contributed by atoms with Crippen LogP contribution in [0.2, 0.25) is 0 Å². The summed E-state index contributed by atoms with van der Waals surface area (Å²) in [7, 11) is 0. The maximum absolute atomic E-state index is 13.6. The molecular formula is C27H40N4O3. The predicted molar refractivity (Wildman–Crippen MR) is 132 cm³/mol. The van der Waals surface area contributed by atoms with E-state index in [1.807, 2.05) is 28.0 Å². The second-order valence-corrected chi connectivity index (χ2v) is 10.5. The summed E-state index contributed by atoms with van der Waals surface area (Å²) in [6, 6.07) is 8.86. The lowest BCUT2D eigenvalue weighted by Gasteiger charge is -2.42. The van der Waals surface area contributed by atoms with Crippen LogP contribution in [0.3, 0.4) is 0 Å². The number of nitrogens with one attached hydrogen (secondary N) is 1. The molecule has 3 rings (SSSR count). The number of nitriles is 1. The second-order valence-electron chi connectivity index (χ2n) is 10.5. The number of nitrogens with zero attached hydrogens (tertiary/aromatic N) is 3. The van der Waals surface area contributed by atoms with E-state index in [-0.39, 0.29) is 23.9 Å². The van der Waals surface area contributed by atoms with Crippen LogP contribution < -0.4 is 10.1 Å². The maximum Gasteiger partial charge on any atom is 0.245 e. The molecular weight excluding hydrogens is 428 g/mol. The molecule has 2 aliphatic heterocycles. The number of piperidine rings is 1. The first-order valence-electron chi connectivity index (χ1n) is 12.7. The summed E-state index contributed by atoms with van der Waals surface area (Å²) in [5.74, 6) is 1.86. The van der Waals surface area contributed by atoms with Gasteiger partial charge >= 0.3 is 0 Å². The van der Waals surface area contributed by atoms with Crippen LogP contribution in [0.5, 0.6) is 5.75 Å². The Labute approximate surface area is 204 Å². The van der Waals surface area contributed by atoms with Crippen LogP contribution in [0.25, 0.3) is 0 Å². The standard InChI is InChI=1S/C27H40N4O3/c1-19(2)15-23-26(32)31(14-11-29-23)24(16-20(3)4)27(33)30-12-9-21(10-13-30)18-34-25-8-6-5-7-22(25)17-28/h5-8,19-21,23-24,29H,9-16,18H2,1-4H3/t23-,24-/m0/s1. The molecule has 2 heterocycles. The van der Waals surface area contributed by atoms with Crippen LogP contribution >= 0.6 is 0 Å². The van der Waals surface area contributed by atoms with Crippen LogP contribution in [-0.2, 0) is 9.59 Å². The summed E-state index contributed by atoms with van der Waals surface area (Å²) in [6.45, 7) is 11.7. The number of carbonyl (C=O) groups is 2. The molecule has 0 saturated carbocycles. The van der Waals surface area contributed by atoms with E-state index in [0.29, 0.717) is 61.7 Å². The first-order valence-corrected chi connectivity index (χ1v) is 12.7. The smallest absolute Gasteiger partial charge is 0.245 e. The van der Waals surface area contributed by atoms with E-state index in [1.54, 1.807) is 6.07 Å². The molecule has 1 N–H and O–H groups in total. The summed E-state index contributed by atoms with van der Waals surface area (Å²) in [4.78, 5) is 30.7. The van der Waals surface area contributed by atoms with Crippen molar-refractivity contribution in [3.8, 4) is 11.8 Å². The maximum atomic E-state index is 13.6. The summed E-state index contributed by atoms with van der Waals surface area (Å²) in [5, 5.41) is 12.6. The van der Waals surface area contributed by atoms with Crippen LogP contribution in [-0.4, -0.2) is 66.5 Å². The average molecular weight is 469 g/mol. The van der Waals surface area contributed by atoms with Gasteiger partial charge in [-0.1, -0.05) is 39.8 Å². The van der Waals surface area contributed by atoms with Crippen molar-refractivity contribution in [1.29, 1.82) is 5.26 Å². The Morgan fingerprint density at radius 2 is 1.85 bits per heavy atom. The summed E-state index contributed by atoms with van der Waals surface area (Å²) in [5.41, 5.74) is 0.545. The molecule has 0 aromatic heterocycles. The fourth-order valence-corrected chi connectivity index (χ4v) is 4.95. The molecule has 34 heavy (non-hydrogen) atoms. The van der Waals surface area contributed by atoms with Gasteiger partial charge in [-0.15, -0.1) is 0 Å². The van der Waals surface area contributed by atoms with E-state index in [1.165, 1.54) is 0 Å². The summed E-state index contributed by atoms with van der Waals surface area (Å²) < 4.78 is 5.93. The minimum Gasteiger partial charge on any atom is -0.492 e. The van der Waals surface area contributed by atoms with Gasteiger partial charge < -0.3 is 19.9 Å². The number of benzene rings is 1. The zero-order chi connectivity index (χ0) is 24.7. The zero-order valence-electron chi connectivity index (χ0n) is 21.1. The van der Waals surface area contributed by atoms with E-state index in [4.69, 9.17) is 4.74 Å². The highest BCUT2D eigenvalue weighted by Crippen LogP contribution is 2.25. The number of hydrogen-bond donors (Lipinski definition) is 1. The highest BCUT2D eigenvalue weighted by Gasteiger charge is 2.39. The molecule has 1 aromatic rings. The number of piperazine rings is 1. The Kier molecular flexibility index (Phi) is 9.35. The Morgan fingerprint density at radius 1 is 1.15 bits per heavy atom. The number of likely N-dealkylation sites (tertiary alicyclic amines) is 1. The lowest BCUT2D eigenvalue weighted by Crippen LogP contribution is -2.62. The lowest BCUT2D eigenvalue weighted by atomic mass is 9.94. The van der Waals surface area contributed by atoms with Crippen molar-refractivity contribution in [2.75, 3.05) is 32.8 Å². The molecule has 0 radical (unpaired) electrons. The summed E-state index contributed by atoms with van der Waals surface area (Å²) >= 11 is 0. The number of rotatable bonds is 9. The molecule has 2 amide bonds. The van der Waals surface area contributed by atoms with Gasteiger partial charge in [-0.3, -0.25) is 9.59 Å². The predicted octanol–water partition coefficient (Wildman–Crippen LogP) is 3.44. The molecule has 1 aromatic carbocycles. The van der Waals surface area contributed by atoms with E-state index in [0.717, 1.165) is 25.8 Å². The van der Waals surface area contributed by atoms with E-state index in [2.05, 4.69) is 39.1 Å². The Hall–Kier alpha value is -2.59. The fourth-order valence-electron chi connectivity index (χ4n) is 4.95. The van der Waals surface area contributed by atoms with Crippen LogP contribution in [0, 0.1) is 29.1 Å². The van der Waals surface area contributed by atoms with Gasteiger partial charge in [0, 0.05) is 26.2 Å². The van der Waals surface area contributed by atoms with Gasteiger partial charge in [0.2, 0.25) is 11.8 Å². The quantitative estimate of drug-likeness (QED) is 0.600. The number of carbonyl (C=O) groups excluding carboxylic acids is 2. The van der Waals surface area contributed by atoms with E-state index < -0.39 is 0 Å². The number of hydrogen-bond acceptors (Lipinski definition) is 5. The topological polar surface area (TPSA) is 85.7 Å². The largest absolute Gasteiger partial charge is 0.492 e. The van der Waals surface area contributed by atoms with Gasteiger partial charge in [-0.2, -0.15) is 5.26 Å². The molecule has 186 valence electrons. The highest BCUT2D eigenvalue weighted by atomic mass is 16.5. The van der Waals surface area contributed by atoms with Gasteiger partial charge in [0.25, 0.3) is 0 Å². The third-order valence-corrected chi connectivity index (χ3v) is 6.80. The van der Waals surface area contributed by atoms with Gasteiger partial charge in [-0.25, -0.2) is 0 Å². The molecule has 2 saturated heterocycles. The SMILES string of the molecule is CC(C)C[C@@H]1NCCN([C@@H](CC(C)C)C(=O)N2CCC(COc3ccccc3C#N)CC2)C1=O. The molecule has 2 fully saturated rings. The van der Waals surface area contributed by atoms with Crippen LogP contribution in [0.4, 0.5) is 0 Å². The Balaban J connectivity index is 1.59. The lowest BCUT2D eigenvalue weighted by molar-refractivity contribution is -0.150. The Bertz CT molecular complexity index is 871. The van der Waals surface area contributed by atoms with Crippen LogP contribution in [0.1, 0.15) is 58.9 Å². The van der Waals surface area contributed by atoms with Crippen molar-refractivity contribution < 1.29 is 14.3 Å². The Morgan fingerprint density at radius 3 is 2.50 bits per heavy atom. The highest BCUT2D eigenvalue weighted by molar-refractivity contribution is 5.90. The normalized spacial score (nSPS) is 20.5. The van der Waals surface area contributed by atoms with Crippen molar-refractivity contribution in [2.45, 2.75) is 65.5 Å². The molecule has 7 heteroatoms. The fraction of sp³-hybridized carbons (Fsp3) is 0.667. The molecule has 0 bridgehead atoms. The monoisotopic (exact) mass is 468 g/mol. The average Bonchev–Trinajstić information content (AvgIpc) is 2.82. The first kappa shape index (κ1) is 26.0. The molecule has 2 atom stereocenters. The second kappa shape index (κ2) is 12.2. The number of amides is 2. The molecule has 0 spiro atoms. The van der Waals surface area contributed by atoms with Crippen molar-refractivity contribution in [3.63, 3.8) is 0 Å². The minimum atomic E-state index is -0.389. The third kappa shape index (κ3) is 6.73. The van der Waals surface area contributed by atoms with Gasteiger partial charge in [-0.05, 0) is 55.6 Å². The van der Waals surface area contributed by atoms with Crippen molar-refractivity contribution >= 4 is 11.8 Å². The van der Waals surface area contributed by atoms with Gasteiger partial charge in [0.1, 0.15) is 17.9 Å². The van der Waals surface area contributed by atoms with Crippen molar-refractivity contribution in [1.82, 2.24) is 15.1 Å². The van der Waals surface area contributed by atoms with Gasteiger partial charge in [0.05, 0.1) is 18.2 Å². The number of ether oxygens (including phenoxy) is 1. The van der Waals surface area contributed by atoms with E-state index >= 15 is 0 Å². The molecule has 7 nitrogen and oxygen atoms in total. The number of para-hydroxylation sites is 1.